The minimum Gasteiger partial charge on any atom is -0.454 e. The van der Waals surface area contributed by atoms with Gasteiger partial charge in [0, 0.05) is 6.04 Å². The van der Waals surface area contributed by atoms with E-state index in [9.17, 15) is 14.4 Å². The lowest BCUT2D eigenvalue weighted by Gasteiger charge is -2.29. The Morgan fingerprint density at radius 1 is 1.23 bits per heavy atom. The number of nitrogens with one attached hydrogen (secondary N) is 2. The first-order valence-corrected chi connectivity index (χ1v) is 9.27. The smallest absolute Gasteiger partial charge is 0.328 e. The zero-order valence-corrected chi connectivity index (χ0v) is 15.8. The van der Waals surface area contributed by atoms with Crippen molar-refractivity contribution in [2.75, 3.05) is 6.61 Å². The van der Waals surface area contributed by atoms with Crippen molar-refractivity contribution < 1.29 is 19.1 Å². The van der Waals surface area contributed by atoms with Gasteiger partial charge in [-0.3, -0.25) is 9.59 Å². The predicted molar refractivity (Wildman–Crippen MR) is 98.9 cm³/mol. The molecule has 0 aliphatic heterocycles. The van der Waals surface area contributed by atoms with Crippen LogP contribution in [-0.2, 0) is 14.3 Å². The fraction of sp³-hybridized carbons (Fsp3) is 0.526. The molecule has 0 bridgehead atoms. The highest BCUT2D eigenvalue weighted by molar-refractivity contribution is 6.33. The van der Waals surface area contributed by atoms with Gasteiger partial charge in [-0.05, 0) is 37.8 Å². The topological polar surface area (TPSA) is 84.5 Å². The van der Waals surface area contributed by atoms with Crippen LogP contribution in [0.1, 0.15) is 49.9 Å². The van der Waals surface area contributed by atoms with E-state index < -0.39 is 17.9 Å². The molecule has 1 aromatic carbocycles. The molecule has 7 heteroatoms. The summed E-state index contributed by atoms with van der Waals surface area (Å²) in [5.41, 5.74) is 0.276. The zero-order chi connectivity index (χ0) is 19.1. The van der Waals surface area contributed by atoms with Crippen molar-refractivity contribution in [1.82, 2.24) is 10.6 Å². The van der Waals surface area contributed by atoms with Crippen LogP contribution in [0.5, 0.6) is 0 Å². The molecule has 2 N–H and O–H groups in total. The van der Waals surface area contributed by atoms with Crippen molar-refractivity contribution in [3.8, 4) is 0 Å². The van der Waals surface area contributed by atoms with Gasteiger partial charge in [-0.2, -0.15) is 0 Å². The molecular formula is C19H25ClN2O4. The van der Waals surface area contributed by atoms with Gasteiger partial charge < -0.3 is 15.4 Å². The molecule has 26 heavy (non-hydrogen) atoms. The summed E-state index contributed by atoms with van der Waals surface area (Å²) >= 11 is 5.96. The maximum atomic E-state index is 12.1. The number of ether oxygens (including phenoxy) is 1. The van der Waals surface area contributed by atoms with Crippen LogP contribution < -0.4 is 10.6 Å². The summed E-state index contributed by atoms with van der Waals surface area (Å²) in [5, 5.41) is 5.73. The van der Waals surface area contributed by atoms with Crippen molar-refractivity contribution in [2.45, 2.75) is 51.6 Å². The van der Waals surface area contributed by atoms with Gasteiger partial charge in [-0.1, -0.05) is 43.5 Å². The molecule has 0 heterocycles. The Labute approximate surface area is 158 Å². The molecule has 0 unspecified atom stereocenters. The first-order chi connectivity index (χ1) is 12.4. The SMILES string of the molecule is C[C@H](NC(=O)c1ccccc1Cl)C(=O)OCC(=O)N[C@@H]1CCCC[C@@H]1C. The highest BCUT2D eigenvalue weighted by Gasteiger charge is 2.24. The third-order valence-electron chi connectivity index (χ3n) is 4.62. The second-order valence-corrected chi connectivity index (χ2v) is 7.13. The maximum Gasteiger partial charge on any atom is 0.328 e. The lowest BCUT2D eigenvalue weighted by molar-refractivity contribution is -0.150. The van der Waals surface area contributed by atoms with Crippen LogP contribution in [0.15, 0.2) is 24.3 Å². The van der Waals surface area contributed by atoms with E-state index in [2.05, 4.69) is 17.6 Å². The Hall–Kier alpha value is -2.08. The monoisotopic (exact) mass is 380 g/mol. The van der Waals surface area contributed by atoms with Gasteiger partial charge in [0.1, 0.15) is 6.04 Å². The summed E-state index contributed by atoms with van der Waals surface area (Å²) in [5.74, 6) is -1.03. The van der Waals surface area contributed by atoms with Gasteiger partial charge in [0.15, 0.2) is 6.61 Å². The molecule has 0 saturated heterocycles. The summed E-state index contributed by atoms with van der Waals surface area (Å²) < 4.78 is 5.01. The number of esters is 1. The number of hydrogen-bond donors (Lipinski definition) is 2. The summed E-state index contributed by atoms with van der Waals surface area (Å²) in [6.45, 7) is 3.26. The van der Waals surface area contributed by atoms with Gasteiger partial charge in [-0.15, -0.1) is 0 Å². The first-order valence-electron chi connectivity index (χ1n) is 8.90. The van der Waals surface area contributed by atoms with Crippen molar-refractivity contribution in [2.24, 2.45) is 5.92 Å². The van der Waals surface area contributed by atoms with E-state index in [0.29, 0.717) is 10.9 Å². The van der Waals surface area contributed by atoms with Gasteiger partial charge in [0.25, 0.3) is 11.8 Å². The number of halogens is 1. The lowest BCUT2D eigenvalue weighted by Crippen LogP contribution is -2.44. The second-order valence-electron chi connectivity index (χ2n) is 6.72. The molecule has 1 saturated carbocycles. The Kier molecular flexibility index (Phi) is 7.45. The summed E-state index contributed by atoms with van der Waals surface area (Å²) in [6.07, 6.45) is 4.33. The van der Waals surface area contributed by atoms with Crippen molar-refractivity contribution in [1.29, 1.82) is 0 Å². The molecule has 0 aromatic heterocycles. The Morgan fingerprint density at radius 2 is 1.92 bits per heavy atom. The molecule has 1 fully saturated rings. The molecule has 1 aliphatic rings. The molecule has 6 nitrogen and oxygen atoms in total. The van der Waals surface area contributed by atoms with Gasteiger partial charge in [0.05, 0.1) is 10.6 Å². The molecular weight excluding hydrogens is 356 g/mol. The second kappa shape index (κ2) is 9.57. The maximum absolute atomic E-state index is 12.1. The minimum atomic E-state index is -0.889. The van der Waals surface area contributed by atoms with Crippen LogP contribution in [0.25, 0.3) is 0 Å². The van der Waals surface area contributed by atoms with Crippen LogP contribution in [0.4, 0.5) is 0 Å². The van der Waals surface area contributed by atoms with Crippen molar-refractivity contribution in [3.63, 3.8) is 0 Å². The van der Waals surface area contributed by atoms with Crippen LogP contribution in [0.3, 0.4) is 0 Å². The number of hydrogen-bond acceptors (Lipinski definition) is 4. The highest BCUT2D eigenvalue weighted by Crippen LogP contribution is 2.23. The van der Waals surface area contributed by atoms with E-state index in [1.54, 1.807) is 24.3 Å². The summed E-state index contributed by atoms with van der Waals surface area (Å²) in [4.78, 5) is 36.1. The third kappa shape index (κ3) is 5.73. The summed E-state index contributed by atoms with van der Waals surface area (Å²) in [6, 6.07) is 5.79. The average molecular weight is 381 g/mol. The van der Waals surface area contributed by atoms with Gasteiger partial charge >= 0.3 is 5.97 Å². The molecule has 1 aromatic rings. The van der Waals surface area contributed by atoms with E-state index in [1.165, 1.54) is 13.3 Å². The van der Waals surface area contributed by atoms with E-state index in [0.717, 1.165) is 19.3 Å². The molecule has 142 valence electrons. The lowest BCUT2D eigenvalue weighted by atomic mass is 9.86. The van der Waals surface area contributed by atoms with Gasteiger partial charge in [-0.25, -0.2) is 4.79 Å². The quantitative estimate of drug-likeness (QED) is 0.743. The van der Waals surface area contributed by atoms with E-state index in [1.807, 2.05) is 0 Å². The highest BCUT2D eigenvalue weighted by atomic mass is 35.5. The van der Waals surface area contributed by atoms with E-state index in [-0.39, 0.29) is 24.1 Å². The number of rotatable bonds is 6. The molecule has 2 rings (SSSR count). The minimum absolute atomic E-state index is 0.132. The van der Waals surface area contributed by atoms with Gasteiger partial charge in [0.2, 0.25) is 0 Å². The molecule has 2 amide bonds. The van der Waals surface area contributed by atoms with Crippen LogP contribution >= 0.6 is 11.6 Å². The van der Waals surface area contributed by atoms with E-state index in [4.69, 9.17) is 16.3 Å². The summed E-state index contributed by atoms with van der Waals surface area (Å²) in [7, 11) is 0. The van der Waals surface area contributed by atoms with Crippen LogP contribution in [0, 0.1) is 5.92 Å². The normalized spacial score (nSPS) is 20.7. The van der Waals surface area contributed by atoms with E-state index >= 15 is 0 Å². The number of carbonyl (C=O) groups excluding carboxylic acids is 3. The van der Waals surface area contributed by atoms with Crippen molar-refractivity contribution >= 4 is 29.4 Å². The molecule has 0 radical (unpaired) electrons. The molecule has 0 spiro atoms. The first kappa shape index (κ1) is 20.2. The fourth-order valence-electron chi connectivity index (χ4n) is 3.02. The number of carbonyl (C=O) groups is 3. The predicted octanol–water partition coefficient (Wildman–Crippen LogP) is 2.70. The third-order valence-corrected chi connectivity index (χ3v) is 4.95. The number of benzene rings is 1. The largest absolute Gasteiger partial charge is 0.454 e. The molecule has 1 aliphatic carbocycles. The average Bonchev–Trinajstić information content (AvgIpc) is 2.61. The molecule has 3 atom stereocenters. The Balaban J connectivity index is 1.77. The Bertz CT molecular complexity index is 665. The van der Waals surface area contributed by atoms with Crippen molar-refractivity contribution in [3.05, 3.63) is 34.9 Å². The standard InChI is InChI=1S/C19H25ClN2O4/c1-12-7-3-6-10-16(12)22-17(23)11-26-19(25)13(2)21-18(24)14-8-4-5-9-15(14)20/h4-5,8-9,12-13,16H,3,6-7,10-11H2,1-2H3,(H,21,24)(H,22,23)/t12-,13-,16+/m0/s1. The zero-order valence-electron chi connectivity index (χ0n) is 15.1. The Morgan fingerprint density at radius 3 is 2.62 bits per heavy atom. The van der Waals surface area contributed by atoms with Crippen LogP contribution in [0.2, 0.25) is 5.02 Å². The fourth-order valence-corrected chi connectivity index (χ4v) is 3.24. The number of amides is 2. The van der Waals surface area contributed by atoms with Crippen LogP contribution in [-0.4, -0.2) is 36.5 Å².